The molecule has 2 atom stereocenters. The lowest BCUT2D eigenvalue weighted by Gasteiger charge is -2.26. The van der Waals surface area contributed by atoms with Gasteiger partial charge in [-0.2, -0.15) is 0 Å². The van der Waals surface area contributed by atoms with Gasteiger partial charge in [-0.3, -0.25) is 9.78 Å². The molecule has 0 unspecified atom stereocenters. The molecule has 1 amide bonds. The number of carbonyl (C=O) groups is 1. The number of benzene rings is 2. The van der Waals surface area contributed by atoms with E-state index in [4.69, 9.17) is 11.6 Å². The lowest BCUT2D eigenvalue weighted by atomic mass is 9.99. The molecule has 0 saturated heterocycles. The van der Waals surface area contributed by atoms with Crippen LogP contribution in [0.3, 0.4) is 0 Å². The van der Waals surface area contributed by atoms with Crippen LogP contribution in [0.1, 0.15) is 48.1 Å². The molecule has 10 heteroatoms. The standard InChI is InChI=1S/C25H21ClF2N4O3/c1-14-4-9-21(33)23-31-20-12-16(11-19(22(20)32(14)23)15-3-2-10-29-13-15)24(34)30-17-5-7-18(8-6-17)35-25(26,27)28/h2-3,5-8,10-14,21,33H,4,9H2,1H3,(H,30,34)/t14-,21-/m1/s1. The minimum atomic E-state index is -3.82. The highest BCUT2D eigenvalue weighted by atomic mass is 35.5. The highest BCUT2D eigenvalue weighted by Crippen LogP contribution is 2.39. The van der Waals surface area contributed by atoms with Gasteiger partial charge in [0.25, 0.3) is 5.91 Å². The number of halogens is 3. The number of ether oxygens (including phenoxy) is 1. The van der Waals surface area contributed by atoms with Gasteiger partial charge in [-0.15, -0.1) is 8.78 Å². The van der Waals surface area contributed by atoms with Gasteiger partial charge in [0, 0.05) is 52.4 Å². The lowest BCUT2D eigenvalue weighted by Crippen LogP contribution is -2.19. The number of aliphatic hydroxyl groups excluding tert-OH is 1. The molecular weight excluding hydrogens is 478 g/mol. The summed E-state index contributed by atoms with van der Waals surface area (Å²) in [4.78, 5) is 22.0. The van der Waals surface area contributed by atoms with Crippen molar-refractivity contribution in [2.45, 2.75) is 37.5 Å². The zero-order valence-corrected chi connectivity index (χ0v) is 19.3. The average Bonchev–Trinajstić information content (AvgIpc) is 3.23. The number of carbonyl (C=O) groups excluding carboxylic acids is 1. The van der Waals surface area contributed by atoms with Crippen molar-refractivity contribution in [2.75, 3.05) is 5.32 Å². The Balaban J connectivity index is 1.54. The normalized spacial score (nSPS) is 17.7. The van der Waals surface area contributed by atoms with Crippen LogP contribution >= 0.6 is 11.6 Å². The Morgan fingerprint density at radius 1 is 1.23 bits per heavy atom. The summed E-state index contributed by atoms with van der Waals surface area (Å²) in [5.41, 5.74) is -0.0821. The smallest absolute Gasteiger partial charge is 0.420 e. The van der Waals surface area contributed by atoms with Gasteiger partial charge < -0.3 is 19.7 Å². The first-order valence-electron chi connectivity index (χ1n) is 11.0. The second kappa shape index (κ2) is 8.90. The Morgan fingerprint density at radius 2 is 2.00 bits per heavy atom. The molecule has 2 aromatic heterocycles. The summed E-state index contributed by atoms with van der Waals surface area (Å²) in [5, 5.41) is 13.3. The predicted molar refractivity (Wildman–Crippen MR) is 128 cm³/mol. The Bertz CT molecular complexity index is 1390. The maximum atomic E-state index is 13.1. The van der Waals surface area contributed by atoms with Gasteiger partial charge in [0.15, 0.2) is 0 Å². The largest absolute Gasteiger partial charge is 0.487 e. The van der Waals surface area contributed by atoms with Crippen LogP contribution in [0, 0.1) is 0 Å². The number of amides is 1. The molecule has 4 aromatic rings. The van der Waals surface area contributed by atoms with Gasteiger partial charge in [-0.1, -0.05) is 6.07 Å². The minimum Gasteiger partial charge on any atom is -0.420 e. The lowest BCUT2D eigenvalue weighted by molar-refractivity contribution is -0.0964. The van der Waals surface area contributed by atoms with Crippen LogP contribution < -0.4 is 10.1 Å². The highest BCUT2D eigenvalue weighted by Gasteiger charge is 2.29. The van der Waals surface area contributed by atoms with E-state index in [9.17, 15) is 18.7 Å². The molecule has 3 heterocycles. The van der Waals surface area contributed by atoms with Crippen molar-refractivity contribution in [1.29, 1.82) is 0 Å². The van der Waals surface area contributed by atoms with Crippen molar-refractivity contribution in [3.05, 3.63) is 72.3 Å². The molecule has 7 nitrogen and oxygen atoms in total. The number of nitrogens with one attached hydrogen (secondary N) is 1. The fourth-order valence-corrected chi connectivity index (χ4v) is 4.49. The molecule has 0 radical (unpaired) electrons. The average molecular weight is 499 g/mol. The summed E-state index contributed by atoms with van der Waals surface area (Å²) in [6.07, 6.45) is 4.13. The molecule has 0 aliphatic carbocycles. The molecule has 1 aliphatic rings. The van der Waals surface area contributed by atoms with E-state index in [-0.39, 0.29) is 11.8 Å². The molecule has 0 bridgehead atoms. The first-order chi connectivity index (χ1) is 16.7. The zero-order valence-electron chi connectivity index (χ0n) is 18.6. The Morgan fingerprint density at radius 3 is 2.69 bits per heavy atom. The molecule has 35 heavy (non-hydrogen) atoms. The molecular formula is C25H21ClF2N4O3. The highest BCUT2D eigenvalue weighted by molar-refractivity contribution is 6.20. The monoisotopic (exact) mass is 498 g/mol. The number of nitrogens with zero attached hydrogens (tertiary/aromatic N) is 3. The van der Waals surface area contributed by atoms with Crippen molar-refractivity contribution in [3.63, 3.8) is 0 Å². The number of rotatable bonds is 5. The number of imidazole rings is 1. The number of alkyl halides is 3. The minimum absolute atomic E-state index is 0.134. The van der Waals surface area contributed by atoms with Gasteiger partial charge >= 0.3 is 5.57 Å². The molecule has 1 aliphatic heterocycles. The van der Waals surface area contributed by atoms with Gasteiger partial charge in [-0.25, -0.2) is 4.98 Å². The van der Waals surface area contributed by atoms with Crippen LogP contribution in [0.4, 0.5) is 14.5 Å². The van der Waals surface area contributed by atoms with E-state index < -0.39 is 17.6 Å². The van der Waals surface area contributed by atoms with Gasteiger partial charge in [0.2, 0.25) is 0 Å². The Kier molecular flexibility index (Phi) is 5.90. The van der Waals surface area contributed by atoms with Crippen molar-refractivity contribution in [1.82, 2.24) is 14.5 Å². The third kappa shape index (κ3) is 4.69. The van der Waals surface area contributed by atoms with Crippen LogP contribution in [-0.4, -0.2) is 31.1 Å². The number of fused-ring (bicyclic) bond motifs is 3. The number of pyridine rings is 1. The van der Waals surface area contributed by atoms with E-state index in [2.05, 4.69) is 26.9 Å². The van der Waals surface area contributed by atoms with Crippen LogP contribution in [0.5, 0.6) is 5.75 Å². The first kappa shape index (κ1) is 23.2. The van der Waals surface area contributed by atoms with E-state index in [1.54, 1.807) is 24.5 Å². The second-order valence-corrected chi connectivity index (χ2v) is 8.88. The Labute approximate surface area is 204 Å². The van der Waals surface area contributed by atoms with Crippen molar-refractivity contribution in [3.8, 4) is 16.9 Å². The van der Waals surface area contributed by atoms with Crippen molar-refractivity contribution >= 4 is 34.2 Å². The number of hydrogen-bond acceptors (Lipinski definition) is 5. The number of hydrogen-bond donors (Lipinski definition) is 2. The molecule has 0 saturated carbocycles. The van der Waals surface area contributed by atoms with Crippen LogP contribution in [0.2, 0.25) is 0 Å². The fourth-order valence-electron chi connectivity index (χ4n) is 4.40. The van der Waals surface area contributed by atoms with Crippen LogP contribution in [-0.2, 0) is 0 Å². The molecule has 180 valence electrons. The summed E-state index contributed by atoms with van der Waals surface area (Å²) in [5.74, 6) is 0.0284. The van der Waals surface area contributed by atoms with Gasteiger partial charge in [0.1, 0.15) is 17.7 Å². The summed E-state index contributed by atoms with van der Waals surface area (Å²) in [6.45, 7) is 2.08. The second-order valence-electron chi connectivity index (χ2n) is 8.44. The third-order valence-electron chi connectivity index (χ3n) is 5.99. The van der Waals surface area contributed by atoms with Crippen LogP contribution in [0.15, 0.2) is 60.9 Å². The van der Waals surface area contributed by atoms with E-state index in [0.717, 1.165) is 23.1 Å². The third-order valence-corrected chi connectivity index (χ3v) is 6.07. The quantitative estimate of drug-likeness (QED) is 0.334. The van der Waals surface area contributed by atoms with E-state index in [1.165, 1.54) is 24.3 Å². The fraction of sp³-hybridized carbons (Fsp3) is 0.240. The molecule has 2 N–H and O–H groups in total. The maximum absolute atomic E-state index is 13.1. The molecule has 2 aromatic carbocycles. The first-order valence-corrected chi connectivity index (χ1v) is 11.4. The zero-order chi connectivity index (χ0) is 24.7. The van der Waals surface area contributed by atoms with Gasteiger partial charge in [0.05, 0.1) is 11.0 Å². The Hall–Kier alpha value is -3.56. The van der Waals surface area contributed by atoms with E-state index in [1.807, 2.05) is 16.7 Å². The van der Waals surface area contributed by atoms with E-state index >= 15 is 0 Å². The summed E-state index contributed by atoms with van der Waals surface area (Å²) < 4.78 is 32.0. The van der Waals surface area contributed by atoms with Crippen molar-refractivity contribution in [2.24, 2.45) is 0 Å². The SMILES string of the molecule is C[C@@H]1CC[C@@H](O)c2nc3cc(C(=O)Nc4ccc(OC(F)(F)Cl)cc4)cc(-c4cccnc4)c3n21. The number of aromatic nitrogens is 3. The van der Waals surface area contributed by atoms with Crippen molar-refractivity contribution < 1.29 is 23.4 Å². The van der Waals surface area contributed by atoms with Gasteiger partial charge in [-0.05, 0) is 62.2 Å². The molecule has 5 rings (SSSR count). The predicted octanol–water partition coefficient (Wildman–Crippen LogP) is 5.91. The number of aliphatic hydroxyl groups is 1. The summed E-state index contributed by atoms with van der Waals surface area (Å²) >= 11 is 4.79. The topological polar surface area (TPSA) is 89.3 Å². The number of anilines is 1. The maximum Gasteiger partial charge on any atom is 0.487 e. The molecule has 0 spiro atoms. The molecule has 0 fully saturated rings. The van der Waals surface area contributed by atoms with Crippen LogP contribution in [0.25, 0.3) is 22.2 Å². The summed E-state index contributed by atoms with van der Waals surface area (Å²) in [6, 6.07) is 12.7. The summed E-state index contributed by atoms with van der Waals surface area (Å²) in [7, 11) is 0. The van der Waals surface area contributed by atoms with E-state index in [0.29, 0.717) is 29.0 Å².